The third kappa shape index (κ3) is 5.01. The molecule has 0 radical (unpaired) electrons. The second-order valence-corrected chi connectivity index (χ2v) is 5.71. The van der Waals surface area contributed by atoms with E-state index in [4.69, 9.17) is 0 Å². The standard InChI is InChI=1S/C15H24N2O2/c1-11-8-6-7-9-13(11)16-14(18)12(2)17(5)10-15(3,4)19/h6-9,12,19H,10H2,1-5H3,(H,16,18). The molecule has 2 N–H and O–H groups in total. The highest BCUT2D eigenvalue weighted by Crippen LogP contribution is 2.14. The fourth-order valence-electron chi connectivity index (χ4n) is 1.90. The van der Waals surface area contributed by atoms with Gasteiger partial charge in [0.25, 0.3) is 0 Å². The van der Waals surface area contributed by atoms with E-state index in [-0.39, 0.29) is 11.9 Å². The number of nitrogens with zero attached hydrogens (tertiary/aromatic N) is 1. The number of carbonyl (C=O) groups is 1. The summed E-state index contributed by atoms with van der Waals surface area (Å²) < 4.78 is 0. The molecule has 0 spiro atoms. The quantitative estimate of drug-likeness (QED) is 0.855. The number of amides is 1. The van der Waals surface area contributed by atoms with Crippen LogP contribution in [0.25, 0.3) is 0 Å². The third-order valence-corrected chi connectivity index (χ3v) is 3.08. The topological polar surface area (TPSA) is 52.6 Å². The molecular weight excluding hydrogens is 240 g/mol. The summed E-state index contributed by atoms with van der Waals surface area (Å²) in [6.45, 7) is 7.69. The molecule has 1 rings (SSSR count). The van der Waals surface area contributed by atoms with Crippen molar-refractivity contribution in [2.24, 2.45) is 0 Å². The van der Waals surface area contributed by atoms with Crippen LogP contribution >= 0.6 is 0 Å². The van der Waals surface area contributed by atoms with Crippen molar-refractivity contribution in [2.45, 2.75) is 39.3 Å². The van der Waals surface area contributed by atoms with Crippen LogP contribution in [-0.4, -0.2) is 41.1 Å². The van der Waals surface area contributed by atoms with Crippen LogP contribution in [0.1, 0.15) is 26.3 Å². The van der Waals surface area contributed by atoms with Gasteiger partial charge in [-0.15, -0.1) is 0 Å². The maximum absolute atomic E-state index is 12.2. The van der Waals surface area contributed by atoms with E-state index < -0.39 is 5.60 Å². The number of benzene rings is 1. The Hall–Kier alpha value is -1.39. The molecule has 0 aliphatic rings. The first-order chi connectivity index (χ1) is 8.70. The third-order valence-electron chi connectivity index (χ3n) is 3.08. The van der Waals surface area contributed by atoms with Gasteiger partial charge in [0.1, 0.15) is 0 Å². The lowest BCUT2D eigenvalue weighted by molar-refractivity contribution is -0.121. The van der Waals surface area contributed by atoms with Crippen LogP contribution in [0.2, 0.25) is 0 Å². The number of aryl methyl sites for hydroxylation is 1. The molecule has 4 nitrogen and oxygen atoms in total. The minimum atomic E-state index is -0.814. The van der Waals surface area contributed by atoms with E-state index in [1.807, 2.05) is 50.1 Å². The number of hydrogen-bond donors (Lipinski definition) is 2. The number of para-hydroxylation sites is 1. The van der Waals surface area contributed by atoms with Gasteiger partial charge in [0.2, 0.25) is 5.91 Å². The summed E-state index contributed by atoms with van der Waals surface area (Å²) in [6.07, 6.45) is 0. The van der Waals surface area contributed by atoms with E-state index in [0.717, 1.165) is 11.3 Å². The molecule has 0 heterocycles. The van der Waals surface area contributed by atoms with Crippen molar-refractivity contribution in [1.82, 2.24) is 4.90 Å². The number of rotatable bonds is 5. The van der Waals surface area contributed by atoms with Gasteiger partial charge in [-0.25, -0.2) is 0 Å². The highest BCUT2D eigenvalue weighted by molar-refractivity contribution is 5.95. The van der Waals surface area contributed by atoms with Crippen molar-refractivity contribution in [3.05, 3.63) is 29.8 Å². The summed E-state index contributed by atoms with van der Waals surface area (Å²) in [5, 5.41) is 12.7. The molecular formula is C15H24N2O2. The molecule has 0 bridgehead atoms. The van der Waals surface area contributed by atoms with E-state index in [0.29, 0.717) is 6.54 Å². The molecule has 0 aliphatic carbocycles. The lowest BCUT2D eigenvalue weighted by Gasteiger charge is -2.29. The van der Waals surface area contributed by atoms with E-state index in [1.54, 1.807) is 13.8 Å². The first-order valence-corrected chi connectivity index (χ1v) is 6.50. The highest BCUT2D eigenvalue weighted by Gasteiger charge is 2.23. The Morgan fingerprint density at radius 1 is 1.42 bits per heavy atom. The minimum absolute atomic E-state index is 0.0685. The van der Waals surface area contributed by atoms with Crippen molar-refractivity contribution < 1.29 is 9.90 Å². The van der Waals surface area contributed by atoms with Crippen molar-refractivity contribution in [1.29, 1.82) is 0 Å². The number of nitrogens with one attached hydrogen (secondary N) is 1. The minimum Gasteiger partial charge on any atom is -0.389 e. The molecule has 0 aliphatic heterocycles. The lowest BCUT2D eigenvalue weighted by atomic mass is 10.1. The Balaban J connectivity index is 2.65. The number of anilines is 1. The van der Waals surface area contributed by atoms with Gasteiger partial charge in [0.15, 0.2) is 0 Å². The second-order valence-electron chi connectivity index (χ2n) is 5.71. The second kappa shape index (κ2) is 6.17. The summed E-state index contributed by atoms with van der Waals surface area (Å²) in [4.78, 5) is 14.0. The van der Waals surface area contributed by atoms with Gasteiger partial charge in [0.05, 0.1) is 11.6 Å². The number of carbonyl (C=O) groups excluding carboxylic acids is 1. The maximum atomic E-state index is 12.2. The van der Waals surface area contributed by atoms with Gasteiger partial charge in [-0.2, -0.15) is 0 Å². The normalized spacial score (nSPS) is 13.4. The predicted molar refractivity (Wildman–Crippen MR) is 78.2 cm³/mol. The average Bonchev–Trinajstić information content (AvgIpc) is 2.28. The Morgan fingerprint density at radius 3 is 2.53 bits per heavy atom. The van der Waals surface area contributed by atoms with Crippen LogP contribution in [0.4, 0.5) is 5.69 Å². The largest absolute Gasteiger partial charge is 0.389 e. The molecule has 1 aromatic rings. The van der Waals surface area contributed by atoms with Gasteiger partial charge in [-0.05, 0) is 46.4 Å². The fourth-order valence-corrected chi connectivity index (χ4v) is 1.90. The molecule has 1 atom stereocenters. The SMILES string of the molecule is Cc1ccccc1NC(=O)C(C)N(C)CC(C)(C)O. The molecule has 1 aromatic carbocycles. The Bertz CT molecular complexity index is 438. The number of hydrogen-bond acceptors (Lipinski definition) is 3. The molecule has 0 aromatic heterocycles. The first-order valence-electron chi connectivity index (χ1n) is 6.50. The highest BCUT2D eigenvalue weighted by atomic mass is 16.3. The van der Waals surface area contributed by atoms with Crippen LogP contribution in [0.5, 0.6) is 0 Å². The Labute approximate surface area is 115 Å². The molecule has 1 unspecified atom stereocenters. The molecule has 0 fully saturated rings. The predicted octanol–water partition coefficient (Wildman–Crippen LogP) is 2.02. The number of aliphatic hydroxyl groups is 1. The fraction of sp³-hybridized carbons (Fsp3) is 0.533. The van der Waals surface area contributed by atoms with Crippen LogP contribution in [0, 0.1) is 6.92 Å². The molecule has 0 saturated heterocycles. The zero-order chi connectivity index (χ0) is 14.6. The van der Waals surface area contributed by atoms with Gasteiger partial charge in [0, 0.05) is 12.2 Å². The van der Waals surface area contributed by atoms with Crippen molar-refractivity contribution >= 4 is 11.6 Å². The van der Waals surface area contributed by atoms with Gasteiger partial charge in [-0.1, -0.05) is 18.2 Å². The zero-order valence-electron chi connectivity index (χ0n) is 12.4. The Kier molecular flexibility index (Phi) is 5.09. The van der Waals surface area contributed by atoms with E-state index >= 15 is 0 Å². The summed E-state index contributed by atoms with van der Waals surface area (Å²) in [5.74, 6) is -0.0685. The Morgan fingerprint density at radius 2 is 2.00 bits per heavy atom. The van der Waals surface area contributed by atoms with Gasteiger partial charge in [-0.3, -0.25) is 9.69 Å². The van der Waals surface area contributed by atoms with E-state index in [1.165, 1.54) is 0 Å². The lowest BCUT2D eigenvalue weighted by Crippen LogP contribution is -2.46. The summed E-state index contributed by atoms with van der Waals surface area (Å²) in [7, 11) is 1.83. The van der Waals surface area contributed by atoms with Crippen molar-refractivity contribution in [2.75, 3.05) is 18.9 Å². The molecule has 19 heavy (non-hydrogen) atoms. The van der Waals surface area contributed by atoms with Gasteiger partial charge >= 0.3 is 0 Å². The summed E-state index contributed by atoms with van der Waals surface area (Å²) in [6, 6.07) is 7.38. The van der Waals surface area contributed by atoms with Gasteiger partial charge < -0.3 is 10.4 Å². The summed E-state index contributed by atoms with van der Waals surface area (Å²) >= 11 is 0. The molecule has 1 amide bonds. The molecule has 0 saturated carbocycles. The van der Waals surface area contributed by atoms with Crippen LogP contribution in [0.15, 0.2) is 24.3 Å². The smallest absolute Gasteiger partial charge is 0.241 e. The summed E-state index contributed by atoms with van der Waals surface area (Å²) in [5.41, 5.74) is 1.05. The van der Waals surface area contributed by atoms with E-state index in [2.05, 4.69) is 5.32 Å². The average molecular weight is 264 g/mol. The van der Waals surface area contributed by atoms with Crippen LogP contribution in [0.3, 0.4) is 0 Å². The van der Waals surface area contributed by atoms with Crippen LogP contribution < -0.4 is 5.32 Å². The molecule has 106 valence electrons. The number of likely N-dealkylation sites (N-methyl/N-ethyl adjacent to an activating group) is 1. The van der Waals surface area contributed by atoms with Crippen LogP contribution in [-0.2, 0) is 4.79 Å². The van der Waals surface area contributed by atoms with Crippen molar-refractivity contribution in [3.8, 4) is 0 Å². The van der Waals surface area contributed by atoms with Crippen molar-refractivity contribution in [3.63, 3.8) is 0 Å². The monoisotopic (exact) mass is 264 g/mol. The maximum Gasteiger partial charge on any atom is 0.241 e. The molecule has 4 heteroatoms. The zero-order valence-corrected chi connectivity index (χ0v) is 12.4. The first kappa shape index (κ1) is 15.7. The van der Waals surface area contributed by atoms with E-state index in [9.17, 15) is 9.90 Å².